The minimum absolute atomic E-state index is 0.703. The monoisotopic (exact) mass is 713 g/mol. The SMILES string of the molecule is c1ccc(-c2cc(-c3ccccc3)nc(-c3ccc(-c4cccc(-c5ccc6ccc7nc(-c8ccccc8)cc(-c8ccccc8)c7c6c5)c4)cc3)n2)cc1. The number of fused-ring (bicyclic) bond motifs is 3. The van der Waals surface area contributed by atoms with Crippen LogP contribution in [0.2, 0.25) is 0 Å². The molecular formula is C53H35N3. The first-order valence-corrected chi connectivity index (χ1v) is 18.9. The van der Waals surface area contributed by atoms with Crippen molar-refractivity contribution in [1.29, 1.82) is 0 Å². The Hall–Kier alpha value is -7.49. The summed E-state index contributed by atoms with van der Waals surface area (Å²) in [5, 5.41) is 3.54. The van der Waals surface area contributed by atoms with Gasteiger partial charge in [0.25, 0.3) is 0 Å². The van der Waals surface area contributed by atoms with E-state index >= 15 is 0 Å². The maximum atomic E-state index is 5.20. The van der Waals surface area contributed by atoms with Gasteiger partial charge in [-0.25, -0.2) is 15.0 Å². The quantitative estimate of drug-likeness (QED) is 0.154. The van der Waals surface area contributed by atoms with Gasteiger partial charge in [0.05, 0.1) is 22.6 Å². The molecule has 0 N–H and O–H groups in total. The van der Waals surface area contributed by atoms with Crippen LogP contribution >= 0.6 is 0 Å². The molecule has 2 aromatic heterocycles. The van der Waals surface area contributed by atoms with Crippen molar-refractivity contribution in [3.63, 3.8) is 0 Å². The van der Waals surface area contributed by atoms with Crippen molar-refractivity contribution >= 4 is 21.7 Å². The van der Waals surface area contributed by atoms with Crippen LogP contribution in [-0.4, -0.2) is 15.0 Å². The van der Waals surface area contributed by atoms with Gasteiger partial charge in [-0.2, -0.15) is 0 Å². The average molecular weight is 714 g/mol. The lowest BCUT2D eigenvalue weighted by molar-refractivity contribution is 1.18. The van der Waals surface area contributed by atoms with E-state index in [4.69, 9.17) is 15.0 Å². The van der Waals surface area contributed by atoms with Gasteiger partial charge in [-0.1, -0.05) is 182 Å². The summed E-state index contributed by atoms with van der Waals surface area (Å²) in [5.41, 5.74) is 14.9. The highest BCUT2D eigenvalue weighted by Crippen LogP contribution is 2.39. The number of benzene rings is 8. The first kappa shape index (κ1) is 33.1. The Morgan fingerprint density at radius 1 is 0.268 bits per heavy atom. The molecule has 10 rings (SSSR count). The number of hydrogen-bond donors (Lipinski definition) is 0. The zero-order valence-electron chi connectivity index (χ0n) is 30.5. The van der Waals surface area contributed by atoms with Crippen molar-refractivity contribution in [3.8, 4) is 78.5 Å². The summed E-state index contributed by atoms with van der Waals surface area (Å²) in [6.07, 6.45) is 0. The molecule has 3 nitrogen and oxygen atoms in total. The molecule has 0 saturated carbocycles. The molecule has 0 amide bonds. The predicted molar refractivity (Wildman–Crippen MR) is 233 cm³/mol. The van der Waals surface area contributed by atoms with Crippen LogP contribution in [0.3, 0.4) is 0 Å². The molecule has 3 heteroatoms. The van der Waals surface area contributed by atoms with Crippen LogP contribution in [0.5, 0.6) is 0 Å². The topological polar surface area (TPSA) is 38.7 Å². The first-order valence-electron chi connectivity index (χ1n) is 18.9. The minimum Gasteiger partial charge on any atom is -0.248 e. The Labute approximate surface area is 326 Å². The molecule has 0 spiro atoms. The normalized spacial score (nSPS) is 11.2. The van der Waals surface area contributed by atoms with Crippen molar-refractivity contribution in [2.75, 3.05) is 0 Å². The summed E-state index contributed by atoms with van der Waals surface area (Å²) in [5.74, 6) is 0.703. The molecule has 0 atom stereocenters. The lowest BCUT2D eigenvalue weighted by Gasteiger charge is -2.14. The average Bonchev–Trinajstić information content (AvgIpc) is 3.29. The van der Waals surface area contributed by atoms with Crippen molar-refractivity contribution in [1.82, 2.24) is 15.0 Å². The van der Waals surface area contributed by atoms with Gasteiger partial charge >= 0.3 is 0 Å². The highest BCUT2D eigenvalue weighted by molar-refractivity contribution is 6.14. The Kier molecular flexibility index (Phi) is 8.51. The van der Waals surface area contributed by atoms with Gasteiger partial charge < -0.3 is 0 Å². The van der Waals surface area contributed by atoms with Gasteiger partial charge in [-0.15, -0.1) is 0 Å². The molecular weight excluding hydrogens is 679 g/mol. The Balaban J connectivity index is 1.03. The van der Waals surface area contributed by atoms with Gasteiger partial charge in [0.15, 0.2) is 5.82 Å². The fraction of sp³-hybridized carbons (Fsp3) is 0. The maximum absolute atomic E-state index is 5.20. The molecule has 0 unspecified atom stereocenters. The van der Waals surface area contributed by atoms with Crippen LogP contribution in [0.25, 0.3) is 100 Å². The zero-order valence-corrected chi connectivity index (χ0v) is 30.5. The fourth-order valence-electron chi connectivity index (χ4n) is 7.62. The Morgan fingerprint density at radius 3 is 1.30 bits per heavy atom. The van der Waals surface area contributed by atoms with Crippen LogP contribution in [0.15, 0.2) is 212 Å². The van der Waals surface area contributed by atoms with E-state index in [1.165, 1.54) is 21.9 Å². The van der Waals surface area contributed by atoms with Crippen LogP contribution in [-0.2, 0) is 0 Å². The van der Waals surface area contributed by atoms with E-state index in [-0.39, 0.29) is 0 Å². The van der Waals surface area contributed by atoms with Crippen molar-refractivity contribution in [3.05, 3.63) is 212 Å². The zero-order chi connectivity index (χ0) is 37.3. The van der Waals surface area contributed by atoms with Gasteiger partial charge in [0.2, 0.25) is 0 Å². The van der Waals surface area contributed by atoms with E-state index in [0.717, 1.165) is 72.5 Å². The van der Waals surface area contributed by atoms with Gasteiger partial charge in [0, 0.05) is 27.6 Å². The molecule has 0 radical (unpaired) electrons. The van der Waals surface area contributed by atoms with E-state index in [0.29, 0.717) is 5.82 Å². The Bertz CT molecular complexity index is 2920. The summed E-state index contributed by atoms with van der Waals surface area (Å²) in [6.45, 7) is 0. The van der Waals surface area contributed by atoms with Crippen LogP contribution in [0, 0.1) is 0 Å². The van der Waals surface area contributed by atoms with Crippen LogP contribution < -0.4 is 0 Å². The van der Waals surface area contributed by atoms with Gasteiger partial charge in [-0.05, 0) is 74.5 Å². The molecule has 10 aromatic rings. The lowest BCUT2D eigenvalue weighted by atomic mass is 9.92. The highest BCUT2D eigenvalue weighted by atomic mass is 14.9. The number of rotatable bonds is 7. The van der Waals surface area contributed by atoms with Crippen LogP contribution in [0.1, 0.15) is 0 Å². The predicted octanol–water partition coefficient (Wildman–Crippen LogP) is 13.8. The molecule has 2 heterocycles. The van der Waals surface area contributed by atoms with E-state index in [9.17, 15) is 0 Å². The Morgan fingerprint density at radius 2 is 0.714 bits per heavy atom. The summed E-state index contributed by atoms with van der Waals surface area (Å²) in [6, 6.07) is 74.6. The molecule has 0 fully saturated rings. The van der Waals surface area contributed by atoms with Crippen LogP contribution in [0.4, 0.5) is 0 Å². The summed E-state index contributed by atoms with van der Waals surface area (Å²) in [4.78, 5) is 15.3. The highest BCUT2D eigenvalue weighted by Gasteiger charge is 2.15. The fourth-order valence-corrected chi connectivity index (χ4v) is 7.62. The van der Waals surface area contributed by atoms with Crippen molar-refractivity contribution < 1.29 is 0 Å². The standard InChI is InChI=1S/C53H35N3/c1-5-14-37(15-6-1)47-34-49(39-16-7-2-8-17-39)54-48-31-30-38-26-29-45(33-46(38)52(47)48)44-23-13-22-43(32-44)36-24-27-42(28-25-36)53-55-50(40-18-9-3-10-19-40)35-51(56-53)41-20-11-4-12-21-41/h1-35H. The van der Waals surface area contributed by atoms with Crippen molar-refractivity contribution in [2.45, 2.75) is 0 Å². The molecule has 0 saturated heterocycles. The first-order chi connectivity index (χ1) is 27.7. The van der Waals surface area contributed by atoms with Crippen molar-refractivity contribution in [2.24, 2.45) is 0 Å². The molecule has 0 aliphatic heterocycles. The largest absolute Gasteiger partial charge is 0.248 e. The molecule has 0 aliphatic rings. The van der Waals surface area contributed by atoms with E-state index in [2.05, 4.69) is 170 Å². The molecule has 262 valence electrons. The van der Waals surface area contributed by atoms with E-state index in [1.54, 1.807) is 0 Å². The number of pyridine rings is 1. The smallest absolute Gasteiger partial charge is 0.160 e. The summed E-state index contributed by atoms with van der Waals surface area (Å²) in [7, 11) is 0. The second-order valence-electron chi connectivity index (χ2n) is 14.0. The second kappa shape index (κ2) is 14.4. The minimum atomic E-state index is 0.703. The molecule has 56 heavy (non-hydrogen) atoms. The third-order valence-corrected chi connectivity index (χ3v) is 10.5. The summed E-state index contributed by atoms with van der Waals surface area (Å²) >= 11 is 0. The molecule has 8 aromatic carbocycles. The molecule has 0 aliphatic carbocycles. The number of aromatic nitrogens is 3. The lowest BCUT2D eigenvalue weighted by Crippen LogP contribution is -1.95. The number of nitrogens with zero attached hydrogens (tertiary/aromatic N) is 3. The third-order valence-electron chi connectivity index (χ3n) is 10.5. The summed E-state index contributed by atoms with van der Waals surface area (Å²) < 4.78 is 0. The van der Waals surface area contributed by atoms with Gasteiger partial charge in [-0.3, -0.25) is 0 Å². The number of hydrogen-bond acceptors (Lipinski definition) is 3. The molecule has 0 bridgehead atoms. The third kappa shape index (κ3) is 6.42. The maximum Gasteiger partial charge on any atom is 0.160 e. The van der Waals surface area contributed by atoms with E-state index < -0.39 is 0 Å². The van der Waals surface area contributed by atoms with E-state index in [1.807, 2.05) is 42.5 Å². The second-order valence-corrected chi connectivity index (χ2v) is 14.0. The van der Waals surface area contributed by atoms with Gasteiger partial charge in [0.1, 0.15) is 0 Å².